The number of aliphatic hydroxyl groups is 1. The molecule has 0 saturated carbocycles. The first-order chi connectivity index (χ1) is 10.5. The van der Waals surface area contributed by atoms with Crippen molar-refractivity contribution >= 4 is 35.0 Å². The summed E-state index contributed by atoms with van der Waals surface area (Å²) < 4.78 is 0. The second kappa shape index (κ2) is 6.76. The van der Waals surface area contributed by atoms with Crippen molar-refractivity contribution in [2.75, 3.05) is 24.6 Å². The number of carbonyl (C=O) groups is 3. The first kappa shape index (κ1) is 16.3. The monoisotopic (exact) mass is 325 g/mol. The second-order valence-corrected chi connectivity index (χ2v) is 5.11. The molecule has 2 rings (SSSR count). The minimum Gasteiger partial charge on any atom is -0.395 e. The second-order valence-electron chi connectivity index (χ2n) is 4.67. The third kappa shape index (κ3) is 3.05. The van der Waals surface area contributed by atoms with Crippen LogP contribution in [-0.2, 0) is 14.4 Å². The molecule has 8 heteroatoms. The van der Waals surface area contributed by atoms with E-state index in [4.69, 9.17) is 16.7 Å². The third-order valence-corrected chi connectivity index (χ3v) is 3.53. The summed E-state index contributed by atoms with van der Waals surface area (Å²) in [7, 11) is 0. The molecule has 1 heterocycles. The van der Waals surface area contributed by atoms with Crippen LogP contribution in [0.2, 0.25) is 5.02 Å². The molecule has 0 saturated heterocycles. The molecule has 0 aromatic heterocycles. The fourth-order valence-electron chi connectivity index (χ4n) is 2.32. The third-order valence-electron chi connectivity index (χ3n) is 3.30. The van der Waals surface area contributed by atoms with Gasteiger partial charge in [-0.1, -0.05) is 11.6 Å². The number of rotatable bonds is 4. The molecule has 3 amide bonds. The lowest BCUT2D eigenvalue weighted by Crippen LogP contribution is -2.45. The Hall–Kier alpha value is -2.12. The Bertz CT molecular complexity index is 620. The Morgan fingerprint density at radius 1 is 1.36 bits per heavy atom. The molecule has 118 valence electrons. The van der Waals surface area contributed by atoms with Gasteiger partial charge >= 0.3 is 11.8 Å². The van der Waals surface area contributed by atoms with E-state index in [0.29, 0.717) is 22.8 Å². The van der Waals surface area contributed by atoms with Crippen LogP contribution in [0.3, 0.4) is 0 Å². The Morgan fingerprint density at radius 2 is 2.09 bits per heavy atom. The molecule has 1 aliphatic rings. The largest absolute Gasteiger partial charge is 0.395 e. The van der Waals surface area contributed by atoms with Crippen molar-refractivity contribution < 1.29 is 19.5 Å². The Labute approximate surface area is 132 Å². The van der Waals surface area contributed by atoms with Gasteiger partial charge in [0, 0.05) is 29.4 Å². The van der Waals surface area contributed by atoms with Crippen molar-refractivity contribution in [2.45, 2.75) is 13.0 Å². The molecular weight excluding hydrogens is 310 g/mol. The van der Waals surface area contributed by atoms with Gasteiger partial charge in [-0.05, 0) is 25.1 Å². The molecule has 0 aliphatic carbocycles. The summed E-state index contributed by atoms with van der Waals surface area (Å²) in [6.07, 6.45) is 0. The molecule has 0 radical (unpaired) electrons. The summed E-state index contributed by atoms with van der Waals surface area (Å²) in [6, 6.07) is 4.02. The fourth-order valence-corrected chi connectivity index (χ4v) is 2.50. The highest BCUT2D eigenvalue weighted by Crippen LogP contribution is 2.37. The lowest BCUT2D eigenvalue weighted by atomic mass is 10.1. The van der Waals surface area contributed by atoms with Crippen LogP contribution in [0.1, 0.15) is 18.5 Å². The number of benzene rings is 1. The van der Waals surface area contributed by atoms with E-state index >= 15 is 0 Å². The molecule has 0 unspecified atom stereocenters. The number of halogens is 1. The molecule has 3 N–H and O–H groups in total. The standard InChI is InChI=1S/C14H16ClN3O4/c1-2-18-10-4-3-8(15)7-9(10)11(14(18)22)17-13(21)12(20)16-5-6-19/h3-4,7,11,19H,2,5-6H2,1H3,(H,16,20)(H,17,21)/t11-/m1/s1. The van der Waals surface area contributed by atoms with Gasteiger partial charge in [-0.25, -0.2) is 0 Å². The van der Waals surface area contributed by atoms with Crippen molar-refractivity contribution in [1.29, 1.82) is 0 Å². The number of hydrogen-bond acceptors (Lipinski definition) is 4. The lowest BCUT2D eigenvalue weighted by molar-refractivity contribution is -0.140. The quantitative estimate of drug-likeness (QED) is 0.677. The van der Waals surface area contributed by atoms with Gasteiger partial charge < -0.3 is 20.6 Å². The maximum absolute atomic E-state index is 12.4. The highest BCUT2D eigenvalue weighted by molar-refractivity contribution is 6.35. The fraction of sp³-hybridized carbons (Fsp3) is 0.357. The normalized spacial score (nSPS) is 16.4. The lowest BCUT2D eigenvalue weighted by Gasteiger charge is -2.15. The zero-order chi connectivity index (χ0) is 16.3. The zero-order valence-electron chi connectivity index (χ0n) is 11.9. The number of anilines is 1. The van der Waals surface area contributed by atoms with Crippen molar-refractivity contribution in [3.8, 4) is 0 Å². The van der Waals surface area contributed by atoms with Crippen LogP contribution >= 0.6 is 11.6 Å². The molecule has 22 heavy (non-hydrogen) atoms. The van der Waals surface area contributed by atoms with Crippen LogP contribution in [-0.4, -0.2) is 42.5 Å². The molecule has 0 spiro atoms. The van der Waals surface area contributed by atoms with E-state index in [0.717, 1.165) is 0 Å². The van der Waals surface area contributed by atoms with Crippen LogP contribution in [0.5, 0.6) is 0 Å². The van der Waals surface area contributed by atoms with Crippen LogP contribution in [0.4, 0.5) is 5.69 Å². The van der Waals surface area contributed by atoms with E-state index in [1.807, 2.05) is 6.92 Å². The predicted octanol–water partition coefficient (Wildman–Crippen LogP) is -0.0277. The number of amides is 3. The van der Waals surface area contributed by atoms with Crippen molar-refractivity contribution in [3.05, 3.63) is 28.8 Å². The number of aliphatic hydroxyl groups excluding tert-OH is 1. The average molecular weight is 326 g/mol. The number of carbonyl (C=O) groups excluding carboxylic acids is 3. The highest BCUT2D eigenvalue weighted by atomic mass is 35.5. The number of nitrogens with zero attached hydrogens (tertiary/aromatic N) is 1. The van der Waals surface area contributed by atoms with Gasteiger partial charge in [0.1, 0.15) is 6.04 Å². The van der Waals surface area contributed by atoms with Gasteiger partial charge in [0.25, 0.3) is 5.91 Å². The van der Waals surface area contributed by atoms with Gasteiger partial charge in [-0.3, -0.25) is 14.4 Å². The van der Waals surface area contributed by atoms with Crippen molar-refractivity contribution in [1.82, 2.24) is 10.6 Å². The van der Waals surface area contributed by atoms with Gasteiger partial charge in [0.15, 0.2) is 0 Å². The predicted molar refractivity (Wildman–Crippen MR) is 80.5 cm³/mol. The van der Waals surface area contributed by atoms with E-state index < -0.39 is 17.9 Å². The van der Waals surface area contributed by atoms with E-state index in [2.05, 4.69) is 10.6 Å². The molecule has 7 nitrogen and oxygen atoms in total. The summed E-state index contributed by atoms with van der Waals surface area (Å²) in [5.74, 6) is -2.15. The topological polar surface area (TPSA) is 98.7 Å². The van der Waals surface area contributed by atoms with Crippen LogP contribution < -0.4 is 15.5 Å². The minimum absolute atomic E-state index is 0.0334. The van der Waals surface area contributed by atoms with Gasteiger partial charge in [-0.15, -0.1) is 0 Å². The SMILES string of the molecule is CCN1C(=O)[C@H](NC(=O)C(=O)NCCO)c2cc(Cl)ccc21. The summed E-state index contributed by atoms with van der Waals surface area (Å²) in [4.78, 5) is 37.3. The molecular formula is C14H16ClN3O4. The van der Waals surface area contributed by atoms with Gasteiger partial charge in [0.2, 0.25) is 0 Å². The molecule has 1 aromatic carbocycles. The summed E-state index contributed by atoms with van der Waals surface area (Å²) >= 11 is 5.95. The number of likely N-dealkylation sites (N-methyl/N-ethyl adjacent to an activating group) is 1. The van der Waals surface area contributed by atoms with E-state index in [-0.39, 0.29) is 19.1 Å². The van der Waals surface area contributed by atoms with Gasteiger partial charge in [0.05, 0.1) is 6.61 Å². The molecule has 1 atom stereocenters. The Kier molecular flexibility index (Phi) is 4.99. The number of fused-ring (bicyclic) bond motifs is 1. The van der Waals surface area contributed by atoms with E-state index in [1.54, 1.807) is 18.2 Å². The Morgan fingerprint density at radius 3 is 2.73 bits per heavy atom. The average Bonchev–Trinajstić information content (AvgIpc) is 2.76. The summed E-state index contributed by atoms with van der Waals surface area (Å²) in [6.45, 7) is 1.95. The Balaban J connectivity index is 2.21. The van der Waals surface area contributed by atoms with Gasteiger partial charge in [-0.2, -0.15) is 0 Å². The number of nitrogens with one attached hydrogen (secondary N) is 2. The molecule has 1 aromatic rings. The summed E-state index contributed by atoms with van der Waals surface area (Å²) in [5.41, 5.74) is 1.22. The molecule has 1 aliphatic heterocycles. The highest BCUT2D eigenvalue weighted by Gasteiger charge is 2.38. The van der Waals surface area contributed by atoms with Crippen LogP contribution in [0, 0.1) is 0 Å². The first-order valence-electron chi connectivity index (χ1n) is 6.80. The maximum Gasteiger partial charge on any atom is 0.310 e. The number of hydrogen-bond donors (Lipinski definition) is 3. The maximum atomic E-state index is 12.4. The van der Waals surface area contributed by atoms with Crippen LogP contribution in [0.15, 0.2) is 18.2 Å². The smallest absolute Gasteiger partial charge is 0.310 e. The summed E-state index contributed by atoms with van der Waals surface area (Å²) in [5, 5.41) is 13.7. The van der Waals surface area contributed by atoms with Crippen molar-refractivity contribution in [3.63, 3.8) is 0 Å². The minimum atomic E-state index is -0.943. The molecule has 0 fully saturated rings. The first-order valence-corrected chi connectivity index (χ1v) is 7.17. The van der Waals surface area contributed by atoms with Crippen molar-refractivity contribution in [2.24, 2.45) is 0 Å². The van der Waals surface area contributed by atoms with E-state index in [9.17, 15) is 14.4 Å². The molecule has 0 bridgehead atoms. The van der Waals surface area contributed by atoms with E-state index in [1.165, 1.54) is 4.90 Å². The zero-order valence-corrected chi connectivity index (χ0v) is 12.7. The van der Waals surface area contributed by atoms with Crippen LogP contribution in [0.25, 0.3) is 0 Å².